The minimum atomic E-state index is 0.797. The lowest BCUT2D eigenvalue weighted by Crippen LogP contribution is -2.05. The fraction of sp³-hybridized carbons (Fsp3) is 0.333. The van der Waals surface area contributed by atoms with Gasteiger partial charge in [-0.15, -0.1) is 0 Å². The van der Waals surface area contributed by atoms with Crippen LogP contribution in [0.5, 0.6) is 0 Å². The Balaban J connectivity index is 2.60. The van der Waals surface area contributed by atoms with Crippen molar-refractivity contribution in [1.29, 1.82) is 0 Å². The summed E-state index contributed by atoms with van der Waals surface area (Å²) in [7, 11) is 1.93. The number of aryl methyl sites for hydroxylation is 1. The number of pyridine rings is 1. The maximum absolute atomic E-state index is 4.26. The predicted molar refractivity (Wildman–Crippen MR) is 51.4 cm³/mol. The highest BCUT2D eigenvalue weighted by Gasteiger charge is 2.04. The number of imidazole rings is 1. The van der Waals surface area contributed by atoms with E-state index >= 15 is 0 Å². The third kappa shape index (κ3) is 1.40. The molecule has 0 radical (unpaired) electrons. The van der Waals surface area contributed by atoms with Gasteiger partial charge in [0.25, 0.3) is 0 Å². The van der Waals surface area contributed by atoms with Crippen molar-refractivity contribution in [3.05, 3.63) is 23.7 Å². The van der Waals surface area contributed by atoms with E-state index in [0.717, 1.165) is 23.5 Å². The van der Waals surface area contributed by atoms with Crippen LogP contribution in [0.2, 0.25) is 0 Å². The molecule has 2 aromatic heterocycles. The molecule has 13 heavy (non-hydrogen) atoms. The maximum atomic E-state index is 4.26. The zero-order valence-corrected chi connectivity index (χ0v) is 7.76. The van der Waals surface area contributed by atoms with Crippen LogP contribution in [0.15, 0.2) is 12.3 Å². The minimum Gasteiger partial charge on any atom is -0.341 e. The Morgan fingerprint density at radius 3 is 3.15 bits per heavy atom. The van der Waals surface area contributed by atoms with Crippen LogP contribution in [0, 0.1) is 6.92 Å². The van der Waals surface area contributed by atoms with E-state index in [2.05, 4.69) is 20.3 Å². The lowest BCUT2D eigenvalue weighted by molar-refractivity contribution is 0.821. The molecule has 0 atom stereocenters. The van der Waals surface area contributed by atoms with Gasteiger partial charge in [-0.05, 0) is 25.6 Å². The van der Waals surface area contributed by atoms with Crippen molar-refractivity contribution in [2.45, 2.75) is 13.5 Å². The second-order valence-electron chi connectivity index (χ2n) is 3.02. The molecule has 2 heterocycles. The molecule has 4 nitrogen and oxygen atoms in total. The van der Waals surface area contributed by atoms with Gasteiger partial charge in [-0.3, -0.25) is 0 Å². The van der Waals surface area contributed by atoms with E-state index in [1.54, 1.807) is 6.20 Å². The molecule has 0 aromatic carbocycles. The quantitative estimate of drug-likeness (QED) is 0.717. The van der Waals surface area contributed by atoms with Gasteiger partial charge in [0.2, 0.25) is 0 Å². The first-order chi connectivity index (χ1) is 6.31. The molecule has 2 aromatic rings. The first kappa shape index (κ1) is 8.19. The number of hydrogen-bond donors (Lipinski definition) is 2. The lowest BCUT2D eigenvalue weighted by Gasteiger charge is -1.99. The molecule has 0 fully saturated rings. The zero-order valence-electron chi connectivity index (χ0n) is 7.76. The minimum absolute atomic E-state index is 0.797. The van der Waals surface area contributed by atoms with Crippen LogP contribution in [0.3, 0.4) is 0 Å². The Hall–Kier alpha value is -1.42. The zero-order chi connectivity index (χ0) is 9.26. The van der Waals surface area contributed by atoms with Gasteiger partial charge >= 0.3 is 0 Å². The number of nitrogens with one attached hydrogen (secondary N) is 2. The van der Waals surface area contributed by atoms with Gasteiger partial charge in [0.1, 0.15) is 5.82 Å². The topological polar surface area (TPSA) is 53.6 Å². The highest BCUT2D eigenvalue weighted by atomic mass is 15.0. The maximum Gasteiger partial charge on any atom is 0.177 e. The SMILES string of the molecule is CNCc1ccnc2nc(C)[nH]c12. The average Bonchev–Trinajstić information content (AvgIpc) is 2.47. The predicted octanol–water partition coefficient (Wildman–Crippen LogP) is 0.986. The summed E-state index contributed by atoms with van der Waals surface area (Å²) < 4.78 is 0. The van der Waals surface area contributed by atoms with Gasteiger partial charge in [0.15, 0.2) is 5.65 Å². The fourth-order valence-corrected chi connectivity index (χ4v) is 1.42. The number of aromatic nitrogens is 3. The van der Waals surface area contributed by atoms with Crippen LogP contribution in [-0.4, -0.2) is 22.0 Å². The largest absolute Gasteiger partial charge is 0.341 e. The van der Waals surface area contributed by atoms with Crippen molar-refractivity contribution in [3.63, 3.8) is 0 Å². The molecule has 4 heteroatoms. The standard InChI is InChI=1S/C9H12N4/c1-6-12-8-7(5-10-2)3-4-11-9(8)13-6/h3-4,10H,5H2,1-2H3,(H,11,12,13). The number of nitrogens with zero attached hydrogens (tertiary/aromatic N) is 2. The second kappa shape index (κ2) is 3.14. The van der Waals surface area contributed by atoms with E-state index in [0.29, 0.717) is 0 Å². The van der Waals surface area contributed by atoms with E-state index in [-0.39, 0.29) is 0 Å². The summed E-state index contributed by atoms with van der Waals surface area (Å²) >= 11 is 0. The van der Waals surface area contributed by atoms with Crippen molar-refractivity contribution < 1.29 is 0 Å². The Bertz CT molecular complexity index is 418. The molecule has 0 aliphatic heterocycles. The van der Waals surface area contributed by atoms with Crippen LogP contribution in [0.1, 0.15) is 11.4 Å². The molecule has 0 amide bonds. The molecule has 0 unspecified atom stereocenters. The van der Waals surface area contributed by atoms with Gasteiger partial charge in [0, 0.05) is 12.7 Å². The summed E-state index contributed by atoms with van der Waals surface area (Å²) in [5, 5.41) is 3.11. The molecule has 0 saturated heterocycles. The number of hydrogen-bond acceptors (Lipinski definition) is 3. The van der Waals surface area contributed by atoms with Gasteiger partial charge < -0.3 is 10.3 Å². The van der Waals surface area contributed by atoms with Crippen LogP contribution in [0.4, 0.5) is 0 Å². The third-order valence-electron chi connectivity index (χ3n) is 1.96. The molecule has 68 valence electrons. The average molecular weight is 176 g/mol. The van der Waals surface area contributed by atoms with E-state index in [4.69, 9.17) is 0 Å². The van der Waals surface area contributed by atoms with E-state index in [1.807, 2.05) is 20.0 Å². The molecule has 2 N–H and O–H groups in total. The van der Waals surface area contributed by atoms with E-state index in [9.17, 15) is 0 Å². The van der Waals surface area contributed by atoms with Crippen molar-refractivity contribution >= 4 is 11.2 Å². The number of rotatable bonds is 2. The summed E-state index contributed by atoms with van der Waals surface area (Å²) in [6.07, 6.45) is 1.79. The summed E-state index contributed by atoms with van der Waals surface area (Å²) in [6, 6.07) is 2.00. The Kier molecular flexibility index (Phi) is 1.98. The van der Waals surface area contributed by atoms with Crippen LogP contribution in [0.25, 0.3) is 11.2 Å². The normalized spacial score (nSPS) is 10.9. The Labute approximate surface area is 76.4 Å². The first-order valence-corrected chi connectivity index (χ1v) is 4.26. The monoisotopic (exact) mass is 176 g/mol. The van der Waals surface area contributed by atoms with Crippen molar-refractivity contribution in [2.24, 2.45) is 0 Å². The Morgan fingerprint density at radius 2 is 2.38 bits per heavy atom. The number of H-pyrrole nitrogens is 1. The smallest absolute Gasteiger partial charge is 0.177 e. The van der Waals surface area contributed by atoms with Crippen molar-refractivity contribution in [2.75, 3.05) is 7.05 Å². The summed E-state index contributed by atoms with van der Waals surface area (Å²) in [5.74, 6) is 0.908. The van der Waals surface area contributed by atoms with Gasteiger partial charge in [-0.2, -0.15) is 0 Å². The molecule has 0 saturated carbocycles. The summed E-state index contributed by atoms with van der Waals surface area (Å²) in [5.41, 5.74) is 3.03. The van der Waals surface area contributed by atoms with Crippen LogP contribution < -0.4 is 5.32 Å². The summed E-state index contributed by atoms with van der Waals surface area (Å²) in [6.45, 7) is 2.77. The van der Waals surface area contributed by atoms with Crippen LogP contribution >= 0.6 is 0 Å². The summed E-state index contributed by atoms with van der Waals surface area (Å²) in [4.78, 5) is 11.6. The second-order valence-corrected chi connectivity index (χ2v) is 3.02. The molecule has 0 spiro atoms. The van der Waals surface area contributed by atoms with Crippen LogP contribution in [-0.2, 0) is 6.54 Å². The highest BCUT2D eigenvalue weighted by molar-refractivity contribution is 5.74. The lowest BCUT2D eigenvalue weighted by atomic mass is 10.2. The molecule has 0 aliphatic carbocycles. The molecular weight excluding hydrogens is 164 g/mol. The van der Waals surface area contributed by atoms with E-state index in [1.165, 1.54) is 5.56 Å². The number of fused-ring (bicyclic) bond motifs is 1. The molecular formula is C9H12N4. The molecule has 0 bridgehead atoms. The first-order valence-electron chi connectivity index (χ1n) is 4.26. The van der Waals surface area contributed by atoms with Gasteiger partial charge in [-0.1, -0.05) is 0 Å². The molecule has 0 aliphatic rings. The van der Waals surface area contributed by atoms with E-state index < -0.39 is 0 Å². The Morgan fingerprint density at radius 1 is 1.54 bits per heavy atom. The fourth-order valence-electron chi connectivity index (χ4n) is 1.42. The number of aromatic amines is 1. The highest BCUT2D eigenvalue weighted by Crippen LogP contribution is 2.13. The van der Waals surface area contributed by atoms with Crippen molar-refractivity contribution in [1.82, 2.24) is 20.3 Å². The molecule has 2 rings (SSSR count). The third-order valence-corrected chi connectivity index (χ3v) is 1.96. The van der Waals surface area contributed by atoms with Crippen molar-refractivity contribution in [3.8, 4) is 0 Å². The van der Waals surface area contributed by atoms with Gasteiger partial charge in [0.05, 0.1) is 5.52 Å². The van der Waals surface area contributed by atoms with Gasteiger partial charge in [-0.25, -0.2) is 9.97 Å².